The van der Waals surface area contributed by atoms with Gasteiger partial charge in [0, 0.05) is 24.5 Å². The number of rotatable bonds is 6. The van der Waals surface area contributed by atoms with Gasteiger partial charge in [-0.1, -0.05) is 19.8 Å². The van der Waals surface area contributed by atoms with E-state index in [9.17, 15) is 15.2 Å². The number of aryl methyl sites for hydroxylation is 1. The zero-order valence-electron chi connectivity index (χ0n) is 14.9. The fourth-order valence-electron chi connectivity index (χ4n) is 3.40. The summed E-state index contributed by atoms with van der Waals surface area (Å²) in [6.45, 7) is 7.28. The standard InChI is InChI=1S/C19H27N3O2/c1-4-9-22-14(2)10-16(15(22)3)11-17(12-20)18(23)21-13-19(24)7-5-6-8-19/h10-11,24H,4-9,13H2,1-3H3,(H,21,23)/b17-11-. The lowest BCUT2D eigenvalue weighted by Gasteiger charge is -2.22. The molecule has 1 aromatic heterocycles. The Morgan fingerprint density at radius 3 is 2.71 bits per heavy atom. The Bertz CT molecular complexity index is 674. The highest BCUT2D eigenvalue weighted by Crippen LogP contribution is 2.28. The fraction of sp³-hybridized carbons (Fsp3) is 0.579. The van der Waals surface area contributed by atoms with Crippen LogP contribution in [0.3, 0.4) is 0 Å². The average Bonchev–Trinajstić information content (AvgIpc) is 3.10. The van der Waals surface area contributed by atoms with Crippen molar-refractivity contribution in [1.82, 2.24) is 9.88 Å². The molecule has 0 bridgehead atoms. The predicted octanol–water partition coefficient (Wildman–Crippen LogP) is 2.84. The zero-order valence-corrected chi connectivity index (χ0v) is 14.9. The summed E-state index contributed by atoms with van der Waals surface area (Å²) in [5.74, 6) is -0.418. The second-order valence-electron chi connectivity index (χ2n) is 6.76. The van der Waals surface area contributed by atoms with E-state index in [-0.39, 0.29) is 12.1 Å². The van der Waals surface area contributed by atoms with E-state index in [1.165, 1.54) is 0 Å². The van der Waals surface area contributed by atoms with Gasteiger partial charge in [-0.3, -0.25) is 4.79 Å². The van der Waals surface area contributed by atoms with E-state index in [0.29, 0.717) is 12.8 Å². The van der Waals surface area contributed by atoms with Gasteiger partial charge in [0.05, 0.1) is 5.60 Å². The molecule has 5 heteroatoms. The van der Waals surface area contributed by atoms with Crippen molar-refractivity contribution in [2.75, 3.05) is 6.54 Å². The maximum atomic E-state index is 12.3. The van der Waals surface area contributed by atoms with Gasteiger partial charge in [-0.15, -0.1) is 0 Å². The van der Waals surface area contributed by atoms with E-state index in [0.717, 1.165) is 42.8 Å². The van der Waals surface area contributed by atoms with Gasteiger partial charge < -0.3 is 15.0 Å². The number of hydrogen-bond acceptors (Lipinski definition) is 3. The largest absolute Gasteiger partial charge is 0.388 e. The Labute approximate surface area is 144 Å². The lowest BCUT2D eigenvalue weighted by molar-refractivity contribution is -0.118. The van der Waals surface area contributed by atoms with Crippen molar-refractivity contribution in [1.29, 1.82) is 5.26 Å². The number of amides is 1. The number of nitriles is 1. The third-order valence-corrected chi connectivity index (χ3v) is 4.84. The summed E-state index contributed by atoms with van der Waals surface area (Å²) >= 11 is 0. The number of aromatic nitrogens is 1. The van der Waals surface area contributed by atoms with E-state index in [1.54, 1.807) is 6.08 Å². The first-order valence-corrected chi connectivity index (χ1v) is 8.69. The molecule has 24 heavy (non-hydrogen) atoms. The Kier molecular flexibility index (Phi) is 5.84. The van der Waals surface area contributed by atoms with Crippen LogP contribution in [0.25, 0.3) is 6.08 Å². The van der Waals surface area contributed by atoms with Crippen LogP contribution >= 0.6 is 0 Å². The molecular weight excluding hydrogens is 302 g/mol. The maximum Gasteiger partial charge on any atom is 0.262 e. The van der Waals surface area contributed by atoms with Crippen LogP contribution in [0.15, 0.2) is 11.6 Å². The first-order chi connectivity index (χ1) is 11.4. The predicted molar refractivity (Wildman–Crippen MR) is 94.2 cm³/mol. The summed E-state index contributed by atoms with van der Waals surface area (Å²) in [6, 6.07) is 3.98. The van der Waals surface area contributed by atoms with Crippen LogP contribution in [0, 0.1) is 25.2 Å². The van der Waals surface area contributed by atoms with Gasteiger partial charge in [0.1, 0.15) is 11.6 Å². The zero-order chi connectivity index (χ0) is 17.7. The summed E-state index contributed by atoms with van der Waals surface area (Å²) < 4.78 is 2.19. The molecule has 1 amide bonds. The minimum absolute atomic E-state index is 0.0772. The molecule has 1 fully saturated rings. The maximum absolute atomic E-state index is 12.3. The molecule has 0 aromatic carbocycles. The van der Waals surface area contributed by atoms with Crippen LogP contribution in [-0.2, 0) is 11.3 Å². The van der Waals surface area contributed by atoms with Crippen LogP contribution in [0.5, 0.6) is 0 Å². The highest BCUT2D eigenvalue weighted by molar-refractivity contribution is 6.01. The van der Waals surface area contributed by atoms with Crippen LogP contribution in [0.2, 0.25) is 0 Å². The van der Waals surface area contributed by atoms with Crippen molar-refractivity contribution in [2.24, 2.45) is 0 Å². The summed E-state index contributed by atoms with van der Waals surface area (Å²) in [7, 11) is 0. The molecule has 1 aliphatic carbocycles. The van der Waals surface area contributed by atoms with Crippen LogP contribution in [-0.4, -0.2) is 27.7 Å². The van der Waals surface area contributed by atoms with Gasteiger partial charge in [0.2, 0.25) is 0 Å². The molecule has 0 radical (unpaired) electrons. The summed E-state index contributed by atoms with van der Waals surface area (Å²) in [5.41, 5.74) is 2.34. The normalized spacial score (nSPS) is 16.9. The molecular formula is C19H27N3O2. The van der Waals surface area contributed by atoms with E-state index in [4.69, 9.17) is 0 Å². The van der Waals surface area contributed by atoms with E-state index in [1.807, 2.05) is 26.0 Å². The number of carbonyl (C=O) groups excluding carboxylic acids is 1. The molecule has 1 aromatic rings. The summed E-state index contributed by atoms with van der Waals surface area (Å²) in [6.07, 6.45) is 6.05. The van der Waals surface area contributed by atoms with Gasteiger partial charge >= 0.3 is 0 Å². The molecule has 1 aliphatic rings. The Morgan fingerprint density at radius 2 is 2.12 bits per heavy atom. The lowest BCUT2D eigenvalue weighted by Crippen LogP contribution is -2.41. The Hall–Kier alpha value is -2.06. The van der Waals surface area contributed by atoms with Crippen LogP contribution in [0.4, 0.5) is 0 Å². The topological polar surface area (TPSA) is 78.0 Å². The quantitative estimate of drug-likeness (QED) is 0.622. The van der Waals surface area contributed by atoms with E-state index < -0.39 is 11.5 Å². The van der Waals surface area contributed by atoms with Crippen molar-refractivity contribution >= 4 is 12.0 Å². The molecule has 1 heterocycles. The number of nitrogens with one attached hydrogen (secondary N) is 1. The van der Waals surface area contributed by atoms with E-state index >= 15 is 0 Å². The molecule has 0 atom stereocenters. The molecule has 130 valence electrons. The molecule has 1 saturated carbocycles. The Morgan fingerprint density at radius 1 is 1.46 bits per heavy atom. The smallest absolute Gasteiger partial charge is 0.262 e. The number of aliphatic hydroxyl groups is 1. The van der Waals surface area contributed by atoms with Crippen LogP contribution in [0.1, 0.15) is 56.0 Å². The molecule has 0 aliphatic heterocycles. The Balaban J connectivity index is 2.12. The molecule has 0 saturated heterocycles. The molecule has 0 unspecified atom stereocenters. The second-order valence-corrected chi connectivity index (χ2v) is 6.76. The first-order valence-electron chi connectivity index (χ1n) is 8.69. The van der Waals surface area contributed by atoms with Gasteiger partial charge in [0.15, 0.2) is 0 Å². The third kappa shape index (κ3) is 4.07. The average molecular weight is 329 g/mol. The number of hydrogen-bond donors (Lipinski definition) is 2. The number of nitrogens with zero attached hydrogens (tertiary/aromatic N) is 2. The van der Waals surface area contributed by atoms with Crippen molar-refractivity contribution in [3.8, 4) is 6.07 Å². The van der Waals surface area contributed by atoms with Crippen molar-refractivity contribution in [3.05, 3.63) is 28.6 Å². The highest BCUT2D eigenvalue weighted by Gasteiger charge is 2.31. The molecule has 0 spiro atoms. The van der Waals surface area contributed by atoms with Gasteiger partial charge in [-0.25, -0.2) is 0 Å². The van der Waals surface area contributed by atoms with Gasteiger partial charge in [0.25, 0.3) is 5.91 Å². The first kappa shape index (κ1) is 18.3. The lowest BCUT2D eigenvalue weighted by atomic mass is 10.0. The molecule has 2 rings (SSSR count). The monoisotopic (exact) mass is 329 g/mol. The minimum Gasteiger partial charge on any atom is -0.388 e. The fourth-order valence-corrected chi connectivity index (χ4v) is 3.40. The SMILES string of the molecule is CCCn1c(C)cc(/C=C(/C#N)C(=O)NCC2(O)CCCC2)c1C. The summed E-state index contributed by atoms with van der Waals surface area (Å²) in [5, 5.41) is 22.4. The van der Waals surface area contributed by atoms with Crippen molar-refractivity contribution in [2.45, 2.75) is 65.0 Å². The van der Waals surface area contributed by atoms with Gasteiger partial charge in [-0.2, -0.15) is 5.26 Å². The molecule has 5 nitrogen and oxygen atoms in total. The van der Waals surface area contributed by atoms with Gasteiger partial charge in [-0.05, 0) is 50.8 Å². The van der Waals surface area contributed by atoms with Crippen LogP contribution < -0.4 is 5.32 Å². The second kappa shape index (κ2) is 7.67. The van der Waals surface area contributed by atoms with Crippen molar-refractivity contribution < 1.29 is 9.90 Å². The van der Waals surface area contributed by atoms with E-state index in [2.05, 4.69) is 16.8 Å². The molecule has 2 N–H and O–H groups in total. The van der Waals surface area contributed by atoms with Crippen molar-refractivity contribution in [3.63, 3.8) is 0 Å². The number of carbonyl (C=O) groups is 1. The summed E-state index contributed by atoms with van der Waals surface area (Å²) in [4.78, 5) is 12.3. The minimum atomic E-state index is -0.812. The third-order valence-electron chi connectivity index (χ3n) is 4.84. The highest BCUT2D eigenvalue weighted by atomic mass is 16.3.